The Hall–Kier alpha value is -1.34. The van der Waals surface area contributed by atoms with Gasteiger partial charge in [-0.15, -0.1) is 0 Å². The van der Waals surface area contributed by atoms with Crippen molar-refractivity contribution >= 4 is 0 Å². The van der Waals surface area contributed by atoms with Crippen molar-refractivity contribution in [2.45, 2.75) is 88.2 Å². The number of methoxy groups -OCH3 is 1. The van der Waals surface area contributed by atoms with E-state index in [9.17, 15) is 15.3 Å². The number of fused-ring (bicyclic) bond motifs is 2. The number of phenols is 1. The van der Waals surface area contributed by atoms with Crippen LogP contribution in [-0.2, 0) is 10.2 Å². The summed E-state index contributed by atoms with van der Waals surface area (Å²) in [6.07, 6.45) is 2.33. The predicted octanol–water partition coefficient (Wildman–Crippen LogP) is 2.78. The zero-order chi connectivity index (χ0) is 22.2. The van der Waals surface area contributed by atoms with E-state index >= 15 is 0 Å². The molecule has 1 aromatic carbocycles. The second kappa shape index (κ2) is 5.58. The molecule has 6 nitrogen and oxygen atoms in total. The molecule has 2 aliphatic heterocycles. The van der Waals surface area contributed by atoms with E-state index in [0.717, 1.165) is 43.4 Å². The van der Waals surface area contributed by atoms with Gasteiger partial charge in [0.05, 0.1) is 11.7 Å². The van der Waals surface area contributed by atoms with Gasteiger partial charge in [-0.05, 0) is 56.2 Å². The van der Waals surface area contributed by atoms with Crippen LogP contribution in [0.25, 0.3) is 0 Å². The maximum Gasteiger partial charge on any atom is 0.165 e. The second-order valence-corrected chi connectivity index (χ2v) is 11.9. The maximum absolute atomic E-state index is 12.0. The summed E-state index contributed by atoms with van der Waals surface area (Å²) in [4.78, 5) is 0. The standard InChI is InChI=1S/C25H35NO5/c1-21(2,3)22(4,29)15-12-23-8-9-25(15,30-5)20-24(23)10-11-26-19(23)17(28)13-6-7-14(27)18(31-20)16(13)24/h6-7,15,17,19-20,26-29H,8-12H2,1-5H3/t15-,17?,19-,20-,22?,23-,24+,25-/m1/s1. The highest BCUT2D eigenvalue weighted by Crippen LogP contribution is 2.78. The van der Waals surface area contributed by atoms with Crippen molar-refractivity contribution in [1.29, 1.82) is 0 Å². The Balaban J connectivity index is 1.67. The molecule has 0 radical (unpaired) electrons. The first kappa shape index (κ1) is 20.3. The molecule has 4 fully saturated rings. The predicted molar refractivity (Wildman–Crippen MR) is 115 cm³/mol. The van der Waals surface area contributed by atoms with Gasteiger partial charge < -0.3 is 30.1 Å². The lowest BCUT2D eigenvalue weighted by atomic mass is 9.33. The number of piperidine rings is 1. The minimum absolute atomic E-state index is 0.108. The molecule has 1 aromatic rings. The molecule has 4 aliphatic carbocycles. The molecule has 3 saturated carbocycles. The summed E-state index contributed by atoms with van der Waals surface area (Å²) in [7, 11) is 1.75. The number of aliphatic hydroxyl groups excluding tert-OH is 1. The monoisotopic (exact) mass is 429 g/mol. The van der Waals surface area contributed by atoms with Crippen LogP contribution in [0.15, 0.2) is 12.1 Å². The molecule has 8 atom stereocenters. The Labute approximate surface area is 183 Å². The van der Waals surface area contributed by atoms with Crippen molar-refractivity contribution < 1.29 is 24.8 Å². The molecule has 31 heavy (non-hydrogen) atoms. The van der Waals surface area contributed by atoms with Crippen molar-refractivity contribution in [3.8, 4) is 11.5 Å². The molecule has 2 heterocycles. The van der Waals surface area contributed by atoms with Gasteiger partial charge in [-0.25, -0.2) is 0 Å². The number of hydrogen-bond acceptors (Lipinski definition) is 6. The van der Waals surface area contributed by atoms with Crippen molar-refractivity contribution in [3.05, 3.63) is 23.3 Å². The van der Waals surface area contributed by atoms with Gasteiger partial charge in [0.2, 0.25) is 0 Å². The van der Waals surface area contributed by atoms with Crippen LogP contribution < -0.4 is 10.1 Å². The fraction of sp³-hybridized carbons (Fsp3) is 0.760. The zero-order valence-corrected chi connectivity index (χ0v) is 19.2. The van der Waals surface area contributed by atoms with Crippen LogP contribution in [0.2, 0.25) is 0 Å². The number of rotatable bonds is 2. The molecule has 4 N–H and O–H groups in total. The Morgan fingerprint density at radius 2 is 1.90 bits per heavy atom. The fourth-order valence-corrected chi connectivity index (χ4v) is 8.57. The molecule has 6 heteroatoms. The molecule has 2 unspecified atom stereocenters. The normalized spacial score (nSPS) is 46.3. The zero-order valence-electron chi connectivity index (χ0n) is 19.2. The third-order valence-corrected chi connectivity index (χ3v) is 10.4. The van der Waals surface area contributed by atoms with Gasteiger partial charge in [0.15, 0.2) is 11.5 Å². The summed E-state index contributed by atoms with van der Waals surface area (Å²) in [6, 6.07) is 3.40. The summed E-state index contributed by atoms with van der Waals surface area (Å²) in [5.41, 5.74) is -0.748. The van der Waals surface area contributed by atoms with Gasteiger partial charge >= 0.3 is 0 Å². The van der Waals surface area contributed by atoms with Crippen molar-refractivity contribution in [3.63, 3.8) is 0 Å². The largest absolute Gasteiger partial charge is 0.504 e. The summed E-state index contributed by atoms with van der Waals surface area (Å²) < 4.78 is 13.1. The Morgan fingerprint density at radius 3 is 2.58 bits per heavy atom. The first-order chi connectivity index (χ1) is 14.5. The molecule has 170 valence electrons. The van der Waals surface area contributed by atoms with Crippen LogP contribution in [-0.4, -0.2) is 52.3 Å². The van der Waals surface area contributed by atoms with Crippen LogP contribution in [0, 0.1) is 16.7 Å². The van der Waals surface area contributed by atoms with Crippen LogP contribution in [0.5, 0.6) is 11.5 Å². The van der Waals surface area contributed by atoms with Gasteiger partial charge in [-0.1, -0.05) is 26.8 Å². The van der Waals surface area contributed by atoms with Crippen LogP contribution in [0.4, 0.5) is 0 Å². The van der Waals surface area contributed by atoms with Gasteiger partial charge in [0.25, 0.3) is 0 Å². The van der Waals surface area contributed by atoms with E-state index in [0.29, 0.717) is 5.75 Å². The summed E-state index contributed by atoms with van der Waals surface area (Å²) in [6.45, 7) is 8.97. The number of benzene rings is 1. The number of aliphatic hydroxyl groups is 2. The molecular weight excluding hydrogens is 394 g/mol. The molecule has 2 spiro atoms. The lowest BCUT2D eigenvalue weighted by molar-refractivity contribution is -0.308. The Bertz CT molecular complexity index is 969. The average Bonchev–Trinajstić information content (AvgIpc) is 3.08. The van der Waals surface area contributed by atoms with Crippen molar-refractivity contribution in [2.75, 3.05) is 13.7 Å². The van der Waals surface area contributed by atoms with Crippen LogP contribution in [0.1, 0.15) is 70.6 Å². The maximum atomic E-state index is 12.0. The molecular formula is C25H35NO5. The summed E-state index contributed by atoms with van der Waals surface area (Å²) >= 11 is 0. The number of phenolic OH excluding ortho intramolecular Hbond substituents is 1. The molecule has 4 bridgehead atoms. The SMILES string of the molecule is CO[C@]12CC[C@@]3(C[C@@H]1C(C)(O)C(C)(C)C)[C@@H]1NCC[C@@]34c3c(ccc(O)c3O[C@@H]24)C1O. The highest BCUT2D eigenvalue weighted by molar-refractivity contribution is 5.64. The minimum Gasteiger partial charge on any atom is -0.504 e. The Kier molecular flexibility index (Phi) is 3.65. The average molecular weight is 430 g/mol. The van der Waals surface area contributed by atoms with Gasteiger partial charge in [0, 0.05) is 35.5 Å². The van der Waals surface area contributed by atoms with Gasteiger partial charge in [-0.2, -0.15) is 0 Å². The first-order valence-corrected chi connectivity index (χ1v) is 11.7. The lowest BCUT2D eigenvalue weighted by Gasteiger charge is -2.74. The molecule has 0 aromatic heterocycles. The van der Waals surface area contributed by atoms with E-state index < -0.39 is 17.3 Å². The molecule has 1 saturated heterocycles. The third-order valence-electron chi connectivity index (χ3n) is 10.4. The number of hydrogen-bond donors (Lipinski definition) is 4. The topological polar surface area (TPSA) is 91.2 Å². The number of ether oxygens (including phenoxy) is 2. The van der Waals surface area contributed by atoms with Crippen LogP contribution in [0.3, 0.4) is 0 Å². The van der Waals surface area contributed by atoms with E-state index in [-0.39, 0.29) is 40.1 Å². The quantitative estimate of drug-likeness (QED) is 0.578. The van der Waals surface area contributed by atoms with Crippen molar-refractivity contribution in [2.24, 2.45) is 16.7 Å². The second-order valence-electron chi connectivity index (χ2n) is 11.9. The van der Waals surface area contributed by atoms with E-state index in [1.54, 1.807) is 13.2 Å². The number of nitrogens with one attached hydrogen (secondary N) is 1. The van der Waals surface area contributed by atoms with E-state index in [4.69, 9.17) is 9.47 Å². The Morgan fingerprint density at radius 1 is 1.16 bits per heavy atom. The van der Waals surface area contributed by atoms with Gasteiger partial charge in [-0.3, -0.25) is 0 Å². The third kappa shape index (κ3) is 1.90. The lowest BCUT2D eigenvalue weighted by Crippen LogP contribution is -2.83. The van der Waals surface area contributed by atoms with Crippen LogP contribution >= 0.6 is 0 Å². The fourth-order valence-electron chi connectivity index (χ4n) is 8.57. The smallest absolute Gasteiger partial charge is 0.165 e. The van der Waals surface area contributed by atoms with E-state index in [1.165, 1.54) is 0 Å². The van der Waals surface area contributed by atoms with Gasteiger partial charge in [0.1, 0.15) is 11.7 Å². The minimum atomic E-state index is -1.00. The summed E-state index contributed by atoms with van der Waals surface area (Å²) in [5, 5.41) is 37.9. The molecule has 6 aliphatic rings. The highest BCUT2D eigenvalue weighted by Gasteiger charge is 2.82. The number of aromatic hydroxyl groups is 1. The van der Waals surface area contributed by atoms with Crippen molar-refractivity contribution in [1.82, 2.24) is 5.32 Å². The molecule has 0 amide bonds. The first-order valence-electron chi connectivity index (χ1n) is 11.7. The highest BCUT2D eigenvalue weighted by atomic mass is 16.6. The summed E-state index contributed by atoms with van der Waals surface area (Å²) in [5.74, 6) is 0.488. The van der Waals surface area contributed by atoms with E-state index in [1.807, 2.05) is 13.0 Å². The van der Waals surface area contributed by atoms with E-state index in [2.05, 4.69) is 26.1 Å². The molecule has 7 rings (SSSR count).